The van der Waals surface area contributed by atoms with Gasteiger partial charge in [-0.1, -0.05) is 32.6 Å². The van der Waals surface area contributed by atoms with E-state index in [4.69, 9.17) is 23.2 Å². The second-order valence-corrected chi connectivity index (χ2v) is 7.74. The van der Waals surface area contributed by atoms with E-state index in [-0.39, 0.29) is 4.84 Å². The van der Waals surface area contributed by atoms with Gasteiger partial charge in [-0.25, -0.2) is 0 Å². The molecule has 0 aromatic carbocycles. The van der Waals surface area contributed by atoms with Crippen LogP contribution in [-0.4, -0.2) is 4.84 Å². The summed E-state index contributed by atoms with van der Waals surface area (Å²) in [6.07, 6.45) is 14.1. The molecule has 0 aromatic rings. The summed E-state index contributed by atoms with van der Waals surface area (Å²) >= 11 is 12.0. The maximum atomic E-state index is 6.01. The highest BCUT2D eigenvalue weighted by Gasteiger charge is 2.32. The first-order chi connectivity index (χ1) is 8.70. The van der Waals surface area contributed by atoms with E-state index >= 15 is 0 Å². The molecule has 0 aliphatic heterocycles. The zero-order chi connectivity index (χ0) is 13.0. The van der Waals surface area contributed by atoms with Crippen LogP contribution in [0.4, 0.5) is 0 Å². The van der Waals surface area contributed by atoms with Gasteiger partial charge in [-0.05, 0) is 62.2 Å². The van der Waals surface area contributed by atoms with Crippen LogP contribution in [0.5, 0.6) is 0 Å². The molecule has 2 fully saturated rings. The second kappa shape index (κ2) is 7.39. The van der Waals surface area contributed by atoms with E-state index in [0.717, 1.165) is 17.8 Å². The van der Waals surface area contributed by atoms with Gasteiger partial charge in [0.2, 0.25) is 0 Å². The zero-order valence-electron chi connectivity index (χ0n) is 11.7. The van der Waals surface area contributed by atoms with Crippen molar-refractivity contribution in [1.29, 1.82) is 0 Å². The highest BCUT2D eigenvalue weighted by atomic mass is 35.5. The highest BCUT2D eigenvalue weighted by Crippen LogP contribution is 2.43. The van der Waals surface area contributed by atoms with Gasteiger partial charge in [-0.3, -0.25) is 0 Å². The van der Waals surface area contributed by atoms with E-state index in [2.05, 4.69) is 6.92 Å². The molecule has 0 N–H and O–H groups in total. The molecule has 2 rings (SSSR count). The van der Waals surface area contributed by atoms with Gasteiger partial charge in [0, 0.05) is 0 Å². The molecular weight excluding hydrogens is 263 g/mol. The number of hydrogen-bond acceptors (Lipinski definition) is 0. The minimum atomic E-state index is -0.133. The summed E-state index contributed by atoms with van der Waals surface area (Å²) in [6.45, 7) is 2.32. The maximum Gasteiger partial charge on any atom is 0.110 e. The summed E-state index contributed by atoms with van der Waals surface area (Å²) in [6, 6.07) is 0. The van der Waals surface area contributed by atoms with Gasteiger partial charge < -0.3 is 0 Å². The SMILES string of the molecule is CCCC1CCC(C2CCC(C(Cl)Cl)CC2)CC1. The lowest BCUT2D eigenvalue weighted by molar-refractivity contribution is 0.146. The average molecular weight is 291 g/mol. The third-order valence-electron chi connectivity index (χ3n) is 5.43. The van der Waals surface area contributed by atoms with Crippen molar-refractivity contribution < 1.29 is 0 Å². The Kier molecular flexibility index (Phi) is 6.15. The first kappa shape index (κ1) is 15.0. The lowest BCUT2D eigenvalue weighted by atomic mass is 9.69. The second-order valence-electron chi connectivity index (χ2n) is 6.58. The minimum absolute atomic E-state index is 0.133. The molecule has 0 aromatic heterocycles. The predicted molar refractivity (Wildman–Crippen MR) is 81.3 cm³/mol. The standard InChI is InChI=1S/C16H28Cl2/c1-2-3-12-4-6-13(7-5-12)14-8-10-15(11-9-14)16(17)18/h12-16H,2-11H2,1H3. The van der Waals surface area contributed by atoms with Gasteiger partial charge in [0.25, 0.3) is 0 Å². The number of halogens is 2. The minimum Gasteiger partial charge on any atom is -0.105 e. The Morgan fingerprint density at radius 1 is 0.833 bits per heavy atom. The molecule has 2 aliphatic rings. The molecule has 0 heterocycles. The Morgan fingerprint density at radius 3 is 1.78 bits per heavy atom. The Hall–Kier alpha value is 0.580. The van der Waals surface area contributed by atoms with E-state index < -0.39 is 0 Å². The molecule has 0 nitrogen and oxygen atoms in total. The molecule has 0 radical (unpaired) electrons. The van der Waals surface area contributed by atoms with E-state index in [1.54, 1.807) is 0 Å². The first-order valence-electron chi connectivity index (χ1n) is 7.98. The van der Waals surface area contributed by atoms with E-state index in [0.29, 0.717) is 5.92 Å². The van der Waals surface area contributed by atoms with Crippen LogP contribution >= 0.6 is 23.2 Å². The van der Waals surface area contributed by atoms with E-state index in [1.165, 1.54) is 64.2 Å². The fourth-order valence-corrected chi connectivity index (χ4v) is 4.73. The Labute approximate surface area is 123 Å². The summed E-state index contributed by atoms with van der Waals surface area (Å²) in [5.41, 5.74) is 0. The topological polar surface area (TPSA) is 0 Å². The summed E-state index contributed by atoms with van der Waals surface area (Å²) in [5, 5.41) is 0. The van der Waals surface area contributed by atoms with Crippen molar-refractivity contribution in [2.45, 2.75) is 76.0 Å². The smallest absolute Gasteiger partial charge is 0.105 e. The van der Waals surface area contributed by atoms with Gasteiger partial charge in [0.05, 0.1) is 0 Å². The quantitative estimate of drug-likeness (QED) is 0.541. The van der Waals surface area contributed by atoms with Crippen molar-refractivity contribution in [3.63, 3.8) is 0 Å². The highest BCUT2D eigenvalue weighted by molar-refractivity contribution is 6.44. The molecule has 0 spiro atoms. The summed E-state index contributed by atoms with van der Waals surface area (Å²) in [4.78, 5) is -0.133. The molecule has 2 saturated carbocycles. The van der Waals surface area contributed by atoms with Gasteiger partial charge in [-0.15, -0.1) is 23.2 Å². The lowest BCUT2D eigenvalue weighted by Gasteiger charge is -2.38. The van der Waals surface area contributed by atoms with Crippen molar-refractivity contribution in [3.8, 4) is 0 Å². The molecule has 18 heavy (non-hydrogen) atoms. The number of alkyl halides is 2. The monoisotopic (exact) mass is 290 g/mol. The molecule has 2 aliphatic carbocycles. The Morgan fingerprint density at radius 2 is 1.33 bits per heavy atom. The molecule has 0 bridgehead atoms. The van der Waals surface area contributed by atoms with Gasteiger partial charge in [0.1, 0.15) is 4.84 Å². The summed E-state index contributed by atoms with van der Waals surface area (Å²) in [5.74, 6) is 3.61. The van der Waals surface area contributed by atoms with Crippen LogP contribution in [0.2, 0.25) is 0 Å². The predicted octanol–water partition coefficient (Wildman–Crippen LogP) is 6.20. The van der Waals surface area contributed by atoms with Crippen molar-refractivity contribution in [2.24, 2.45) is 23.7 Å². The lowest BCUT2D eigenvalue weighted by Crippen LogP contribution is -2.27. The Bertz CT molecular complexity index is 223. The van der Waals surface area contributed by atoms with E-state index in [1.807, 2.05) is 0 Å². The van der Waals surface area contributed by atoms with Crippen LogP contribution in [0.3, 0.4) is 0 Å². The number of rotatable bonds is 4. The zero-order valence-corrected chi connectivity index (χ0v) is 13.2. The third kappa shape index (κ3) is 4.04. The average Bonchev–Trinajstić information content (AvgIpc) is 2.40. The van der Waals surface area contributed by atoms with Gasteiger partial charge in [0.15, 0.2) is 0 Å². The maximum absolute atomic E-state index is 6.01. The van der Waals surface area contributed by atoms with Crippen molar-refractivity contribution >= 4 is 23.2 Å². The van der Waals surface area contributed by atoms with Crippen LogP contribution < -0.4 is 0 Å². The van der Waals surface area contributed by atoms with Crippen LogP contribution in [0.1, 0.15) is 71.1 Å². The molecule has 0 atom stereocenters. The molecule has 2 heteroatoms. The normalized spacial score (nSPS) is 38.0. The van der Waals surface area contributed by atoms with Crippen LogP contribution in [-0.2, 0) is 0 Å². The third-order valence-corrected chi connectivity index (χ3v) is 6.14. The van der Waals surface area contributed by atoms with Crippen molar-refractivity contribution in [3.05, 3.63) is 0 Å². The van der Waals surface area contributed by atoms with Crippen LogP contribution in [0.15, 0.2) is 0 Å². The molecule has 106 valence electrons. The summed E-state index contributed by atoms with van der Waals surface area (Å²) in [7, 11) is 0. The van der Waals surface area contributed by atoms with Crippen LogP contribution in [0.25, 0.3) is 0 Å². The molecule has 0 amide bonds. The fraction of sp³-hybridized carbons (Fsp3) is 1.00. The Balaban J connectivity index is 1.71. The first-order valence-corrected chi connectivity index (χ1v) is 8.86. The molecular formula is C16H28Cl2. The van der Waals surface area contributed by atoms with Gasteiger partial charge in [-0.2, -0.15) is 0 Å². The van der Waals surface area contributed by atoms with Crippen molar-refractivity contribution in [2.75, 3.05) is 0 Å². The van der Waals surface area contributed by atoms with Crippen molar-refractivity contribution in [1.82, 2.24) is 0 Å². The summed E-state index contributed by atoms with van der Waals surface area (Å²) < 4.78 is 0. The largest absolute Gasteiger partial charge is 0.110 e. The van der Waals surface area contributed by atoms with E-state index in [9.17, 15) is 0 Å². The molecule has 0 saturated heterocycles. The van der Waals surface area contributed by atoms with Crippen LogP contribution in [0, 0.1) is 23.7 Å². The fourth-order valence-electron chi connectivity index (χ4n) is 4.22. The molecule has 0 unspecified atom stereocenters. The number of hydrogen-bond donors (Lipinski definition) is 0. The van der Waals surface area contributed by atoms with Gasteiger partial charge >= 0.3 is 0 Å².